The van der Waals surface area contributed by atoms with E-state index in [0.717, 1.165) is 47.8 Å². The van der Waals surface area contributed by atoms with Gasteiger partial charge in [-0.3, -0.25) is 9.89 Å². The Morgan fingerprint density at radius 3 is 2.85 bits per heavy atom. The first-order valence-electron chi connectivity index (χ1n) is 9.65. The molecule has 3 aromatic rings. The lowest BCUT2D eigenvalue weighted by atomic mass is 9.87. The van der Waals surface area contributed by atoms with Crippen molar-refractivity contribution in [2.75, 3.05) is 31.1 Å². The molecule has 0 spiro atoms. The standard InChI is InChI=1S/C20H23N5OS/c1-13-6-7-15-14(12-13)18(23-22-15)19(26)24-8-10-25(11-9-24)20-21-16-4-2-3-5-17(16)27-20/h2-5,13H,6-12H2,1H3,(H,22,23)/t13-/m0/s1. The van der Waals surface area contributed by atoms with Crippen molar-refractivity contribution in [2.45, 2.75) is 26.2 Å². The van der Waals surface area contributed by atoms with Crippen LogP contribution >= 0.6 is 11.3 Å². The zero-order valence-electron chi connectivity index (χ0n) is 15.4. The minimum atomic E-state index is 0.0746. The number of hydrogen-bond donors (Lipinski definition) is 1. The molecule has 1 amide bonds. The first-order valence-corrected chi connectivity index (χ1v) is 10.5. The lowest BCUT2D eigenvalue weighted by Crippen LogP contribution is -2.49. The number of H-pyrrole nitrogens is 1. The maximum absolute atomic E-state index is 13.0. The number of para-hydroxylation sites is 1. The van der Waals surface area contributed by atoms with E-state index in [1.54, 1.807) is 11.3 Å². The molecule has 0 radical (unpaired) electrons. The molecular formula is C20H23N5OS. The van der Waals surface area contributed by atoms with Gasteiger partial charge in [0.1, 0.15) is 0 Å². The fourth-order valence-electron chi connectivity index (χ4n) is 4.09. The highest BCUT2D eigenvalue weighted by molar-refractivity contribution is 7.22. The number of amides is 1. The van der Waals surface area contributed by atoms with Crippen LogP contribution in [0.2, 0.25) is 0 Å². The Morgan fingerprint density at radius 2 is 2.04 bits per heavy atom. The molecule has 1 saturated heterocycles. The summed E-state index contributed by atoms with van der Waals surface area (Å²) in [7, 11) is 0. The number of piperazine rings is 1. The van der Waals surface area contributed by atoms with Crippen LogP contribution < -0.4 is 4.90 Å². The van der Waals surface area contributed by atoms with Crippen LogP contribution in [0, 0.1) is 5.92 Å². The van der Waals surface area contributed by atoms with Gasteiger partial charge in [-0.05, 0) is 37.3 Å². The normalized spacial score (nSPS) is 20.1. The number of nitrogens with zero attached hydrogens (tertiary/aromatic N) is 4. The van der Waals surface area contributed by atoms with Crippen LogP contribution in [0.15, 0.2) is 24.3 Å². The van der Waals surface area contributed by atoms with Crippen molar-refractivity contribution >= 4 is 32.6 Å². The highest BCUT2D eigenvalue weighted by Crippen LogP contribution is 2.30. The van der Waals surface area contributed by atoms with Crippen molar-refractivity contribution in [1.82, 2.24) is 20.1 Å². The molecule has 6 nitrogen and oxygen atoms in total. The SMILES string of the molecule is C[C@H]1CCc2[nH]nc(C(=O)N3CCN(c4nc5ccccc5s4)CC3)c2C1. The minimum absolute atomic E-state index is 0.0746. The summed E-state index contributed by atoms with van der Waals surface area (Å²) in [5.74, 6) is 0.697. The molecule has 1 atom stereocenters. The van der Waals surface area contributed by atoms with Crippen LogP contribution in [0.3, 0.4) is 0 Å². The fraction of sp³-hybridized carbons (Fsp3) is 0.450. The van der Waals surface area contributed by atoms with Crippen molar-refractivity contribution in [3.05, 3.63) is 41.2 Å². The topological polar surface area (TPSA) is 65.1 Å². The van der Waals surface area contributed by atoms with E-state index in [1.807, 2.05) is 17.0 Å². The Balaban J connectivity index is 1.29. The first-order chi connectivity index (χ1) is 13.2. The minimum Gasteiger partial charge on any atom is -0.345 e. The van der Waals surface area contributed by atoms with E-state index >= 15 is 0 Å². The predicted octanol–water partition coefficient (Wildman–Crippen LogP) is 3.11. The summed E-state index contributed by atoms with van der Waals surface area (Å²) in [4.78, 5) is 22.0. The molecule has 1 aliphatic heterocycles. The first kappa shape index (κ1) is 16.7. The number of carbonyl (C=O) groups excluding carboxylic acids is 1. The molecule has 5 rings (SSSR count). The van der Waals surface area contributed by atoms with E-state index < -0.39 is 0 Å². The molecule has 2 aliphatic rings. The highest BCUT2D eigenvalue weighted by Gasteiger charge is 2.30. The molecule has 1 N–H and O–H groups in total. The lowest BCUT2D eigenvalue weighted by molar-refractivity contribution is 0.0739. The van der Waals surface area contributed by atoms with Gasteiger partial charge in [-0.15, -0.1) is 0 Å². The van der Waals surface area contributed by atoms with Gasteiger partial charge in [-0.2, -0.15) is 5.10 Å². The fourth-order valence-corrected chi connectivity index (χ4v) is 5.11. The molecule has 0 saturated carbocycles. The number of hydrogen-bond acceptors (Lipinski definition) is 5. The van der Waals surface area contributed by atoms with Crippen LogP contribution in [-0.2, 0) is 12.8 Å². The number of benzene rings is 1. The molecule has 0 bridgehead atoms. The lowest BCUT2D eigenvalue weighted by Gasteiger charge is -2.34. The number of carbonyl (C=O) groups is 1. The Morgan fingerprint density at radius 1 is 1.22 bits per heavy atom. The van der Waals surface area contributed by atoms with Crippen molar-refractivity contribution in [1.29, 1.82) is 0 Å². The third-order valence-electron chi connectivity index (χ3n) is 5.72. The van der Waals surface area contributed by atoms with Crippen LogP contribution in [0.25, 0.3) is 10.2 Å². The van der Waals surface area contributed by atoms with Gasteiger partial charge in [0.25, 0.3) is 5.91 Å². The number of fused-ring (bicyclic) bond motifs is 2. The van der Waals surface area contributed by atoms with Gasteiger partial charge < -0.3 is 9.80 Å². The Kier molecular flexibility index (Phi) is 4.11. The van der Waals surface area contributed by atoms with E-state index in [1.165, 1.54) is 11.1 Å². The van der Waals surface area contributed by atoms with Gasteiger partial charge in [-0.25, -0.2) is 4.98 Å². The molecule has 1 fully saturated rings. The molecule has 27 heavy (non-hydrogen) atoms. The molecule has 140 valence electrons. The number of aromatic nitrogens is 3. The number of aromatic amines is 1. The van der Waals surface area contributed by atoms with E-state index in [2.05, 4.69) is 34.2 Å². The summed E-state index contributed by atoms with van der Waals surface area (Å²) < 4.78 is 1.21. The largest absolute Gasteiger partial charge is 0.345 e. The maximum atomic E-state index is 13.0. The third-order valence-corrected chi connectivity index (χ3v) is 6.81. The Bertz CT molecular complexity index is 952. The Labute approximate surface area is 162 Å². The molecule has 1 aromatic carbocycles. The van der Waals surface area contributed by atoms with Crippen molar-refractivity contribution in [3.63, 3.8) is 0 Å². The third kappa shape index (κ3) is 3.00. The second-order valence-electron chi connectivity index (χ2n) is 7.62. The summed E-state index contributed by atoms with van der Waals surface area (Å²) in [5.41, 5.74) is 4.00. The van der Waals surface area contributed by atoms with Crippen LogP contribution in [-0.4, -0.2) is 52.2 Å². The van der Waals surface area contributed by atoms with Crippen molar-refractivity contribution in [2.24, 2.45) is 5.92 Å². The van der Waals surface area contributed by atoms with E-state index in [4.69, 9.17) is 4.98 Å². The summed E-state index contributed by atoms with van der Waals surface area (Å²) >= 11 is 1.72. The molecule has 2 aromatic heterocycles. The zero-order chi connectivity index (χ0) is 18.4. The van der Waals surface area contributed by atoms with Gasteiger partial charge >= 0.3 is 0 Å². The van der Waals surface area contributed by atoms with E-state index in [9.17, 15) is 4.79 Å². The monoisotopic (exact) mass is 381 g/mol. The number of anilines is 1. The van der Waals surface area contributed by atoms with Gasteiger partial charge in [0, 0.05) is 37.4 Å². The predicted molar refractivity (Wildman–Crippen MR) is 108 cm³/mol. The van der Waals surface area contributed by atoms with E-state index in [-0.39, 0.29) is 5.91 Å². The smallest absolute Gasteiger partial charge is 0.274 e. The zero-order valence-corrected chi connectivity index (χ0v) is 16.3. The summed E-state index contributed by atoms with van der Waals surface area (Å²) in [5, 5.41) is 8.52. The van der Waals surface area contributed by atoms with Crippen LogP contribution in [0.1, 0.15) is 35.1 Å². The maximum Gasteiger partial charge on any atom is 0.274 e. The molecular weight excluding hydrogens is 358 g/mol. The van der Waals surface area contributed by atoms with Gasteiger partial charge in [-0.1, -0.05) is 30.4 Å². The summed E-state index contributed by atoms with van der Waals surface area (Å²) in [6.07, 6.45) is 3.13. The van der Waals surface area contributed by atoms with E-state index in [0.29, 0.717) is 24.7 Å². The second-order valence-corrected chi connectivity index (χ2v) is 8.63. The molecule has 7 heteroatoms. The highest BCUT2D eigenvalue weighted by atomic mass is 32.1. The molecule has 1 aliphatic carbocycles. The quantitative estimate of drug-likeness (QED) is 0.741. The summed E-state index contributed by atoms with van der Waals surface area (Å²) in [6.45, 7) is 5.31. The van der Waals surface area contributed by atoms with Crippen molar-refractivity contribution in [3.8, 4) is 0 Å². The number of aryl methyl sites for hydroxylation is 1. The molecule has 0 unspecified atom stereocenters. The summed E-state index contributed by atoms with van der Waals surface area (Å²) in [6, 6.07) is 8.23. The number of thiazole rings is 1. The molecule has 3 heterocycles. The number of rotatable bonds is 2. The second kappa shape index (κ2) is 6.64. The van der Waals surface area contributed by atoms with Gasteiger partial charge in [0.05, 0.1) is 10.2 Å². The average Bonchev–Trinajstić information content (AvgIpc) is 3.31. The van der Waals surface area contributed by atoms with Crippen LogP contribution in [0.4, 0.5) is 5.13 Å². The average molecular weight is 382 g/mol. The van der Waals surface area contributed by atoms with Crippen LogP contribution in [0.5, 0.6) is 0 Å². The van der Waals surface area contributed by atoms with Gasteiger partial charge in [0.15, 0.2) is 10.8 Å². The van der Waals surface area contributed by atoms with Gasteiger partial charge in [0.2, 0.25) is 0 Å². The number of nitrogens with one attached hydrogen (secondary N) is 1. The Hall–Kier alpha value is -2.41. The van der Waals surface area contributed by atoms with Crippen molar-refractivity contribution < 1.29 is 4.79 Å².